The van der Waals surface area contributed by atoms with E-state index < -0.39 is 6.10 Å². The molecule has 0 aromatic heterocycles. The molecule has 0 bridgehead atoms. The molecule has 21 heavy (non-hydrogen) atoms. The van der Waals surface area contributed by atoms with Crippen LogP contribution in [0.25, 0.3) is 0 Å². The summed E-state index contributed by atoms with van der Waals surface area (Å²) in [4.78, 5) is 11.1. The number of aliphatic hydroxyl groups excluding tert-OH is 1. The van der Waals surface area contributed by atoms with Gasteiger partial charge in [0, 0.05) is 25.6 Å². The molecular formula is C16H24N2O3. The van der Waals surface area contributed by atoms with Crippen LogP contribution >= 0.6 is 0 Å². The number of nitrogens with one attached hydrogen (secondary N) is 2. The molecule has 2 atom stereocenters. The monoisotopic (exact) mass is 292 g/mol. The number of benzene rings is 1. The van der Waals surface area contributed by atoms with Gasteiger partial charge in [-0.2, -0.15) is 0 Å². The maximum atomic E-state index is 11.1. The van der Waals surface area contributed by atoms with E-state index in [1.54, 1.807) is 0 Å². The Morgan fingerprint density at radius 1 is 1.48 bits per heavy atom. The zero-order valence-electron chi connectivity index (χ0n) is 12.7. The lowest BCUT2D eigenvalue weighted by Crippen LogP contribution is -2.48. The van der Waals surface area contributed by atoms with E-state index in [9.17, 15) is 9.90 Å². The molecule has 1 aliphatic rings. The first kappa shape index (κ1) is 15.8. The van der Waals surface area contributed by atoms with Gasteiger partial charge in [0.25, 0.3) is 0 Å². The SMILES string of the molecule is Cc1ccc(OCC(O)CNC2CCC(=O)NC2)c(C)c1. The molecule has 0 saturated carbocycles. The van der Waals surface area contributed by atoms with Crippen molar-refractivity contribution in [2.75, 3.05) is 19.7 Å². The van der Waals surface area contributed by atoms with Crippen LogP contribution in [0.15, 0.2) is 18.2 Å². The lowest BCUT2D eigenvalue weighted by molar-refractivity contribution is -0.122. The van der Waals surface area contributed by atoms with Gasteiger partial charge >= 0.3 is 0 Å². The number of carbonyl (C=O) groups excluding carboxylic acids is 1. The van der Waals surface area contributed by atoms with E-state index in [-0.39, 0.29) is 18.6 Å². The molecule has 2 unspecified atom stereocenters. The maximum absolute atomic E-state index is 11.1. The van der Waals surface area contributed by atoms with Crippen molar-refractivity contribution in [2.45, 2.75) is 38.8 Å². The molecule has 2 rings (SSSR count). The van der Waals surface area contributed by atoms with E-state index in [4.69, 9.17) is 4.74 Å². The number of aliphatic hydroxyl groups is 1. The summed E-state index contributed by atoms with van der Waals surface area (Å²) in [5.41, 5.74) is 2.27. The topological polar surface area (TPSA) is 70.6 Å². The summed E-state index contributed by atoms with van der Waals surface area (Å²) in [6.07, 6.45) is 0.798. The number of carbonyl (C=O) groups is 1. The smallest absolute Gasteiger partial charge is 0.220 e. The van der Waals surface area contributed by atoms with Gasteiger partial charge < -0.3 is 20.5 Å². The van der Waals surface area contributed by atoms with Crippen LogP contribution < -0.4 is 15.4 Å². The third-order valence-electron chi connectivity index (χ3n) is 3.67. The average molecular weight is 292 g/mol. The van der Waals surface area contributed by atoms with Gasteiger partial charge in [-0.25, -0.2) is 0 Å². The molecule has 116 valence electrons. The normalized spacial score (nSPS) is 20.0. The number of piperidine rings is 1. The van der Waals surface area contributed by atoms with E-state index >= 15 is 0 Å². The van der Waals surface area contributed by atoms with Gasteiger partial charge in [-0.1, -0.05) is 17.7 Å². The Morgan fingerprint density at radius 2 is 2.29 bits per heavy atom. The second-order valence-corrected chi connectivity index (χ2v) is 5.68. The van der Waals surface area contributed by atoms with E-state index in [1.807, 2.05) is 26.0 Å². The minimum atomic E-state index is -0.566. The van der Waals surface area contributed by atoms with Crippen LogP contribution in [0.1, 0.15) is 24.0 Å². The van der Waals surface area contributed by atoms with Crippen molar-refractivity contribution in [1.82, 2.24) is 10.6 Å². The van der Waals surface area contributed by atoms with Gasteiger partial charge in [0.1, 0.15) is 18.5 Å². The highest BCUT2D eigenvalue weighted by Crippen LogP contribution is 2.18. The Morgan fingerprint density at radius 3 is 2.95 bits per heavy atom. The van der Waals surface area contributed by atoms with Crippen molar-refractivity contribution < 1.29 is 14.6 Å². The minimum Gasteiger partial charge on any atom is -0.491 e. The van der Waals surface area contributed by atoms with Gasteiger partial charge in [-0.05, 0) is 31.9 Å². The molecule has 5 nitrogen and oxygen atoms in total. The standard InChI is InChI=1S/C16H24N2O3/c1-11-3-5-15(12(2)7-11)21-10-14(19)9-17-13-4-6-16(20)18-8-13/h3,5,7,13-14,17,19H,4,6,8-10H2,1-2H3,(H,18,20). The lowest BCUT2D eigenvalue weighted by Gasteiger charge is -2.24. The minimum absolute atomic E-state index is 0.103. The van der Waals surface area contributed by atoms with Crippen LogP contribution in [-0.4, -0.2) is 42.9 Å². The number of amides is 1. The van der Waals surface area contributed by atoms with Crippen LogP contribution in [0.3, 0.4) is 0 Å². The summed E-state index contributed by atoms with van der Waals surface area (Å²) in [5.74, 6) is 0.913. The first-order valence-corrected chi connectivity index (χ1v) is 7.43. The van der Waals surface area contributed by atoms with Crippen LogP contribution in [0.5, 0.6) is 5.75 Å². The van der Waals surface area contributed by atoms with Crippen molar-refractivity contribution in [3.8, 4) is 5.75 Å². The summed E-state index contributed by atoms with van der Waals surface area (Å²) < 4.78 is 5.65. The summed E-state index contributed by atoms with van der Waals surface area (Å²) in [6, 6.07) is 6.22. The molecule has 0 radical (unpaired) electrons. The number of aryl methyl sites for hydroxylation is 2. The molecule has 0 spiro atoms. The summed E-state index contributed by atoms with van der Waals surface area (Å²) >= 11 is 0. The van der Waals surface area contributed by atoms with Gasteiger partial charge in [0.15, 0.2) is 0 Å². The highest BCUT2D eigenvalue weighted by Gasteiger charge is 2.18. The predicted octanol–water partition coefficient (Wildman–Crippen LogP) is 0.911. The highest BCUT2D eigenvalue weighted by atomic mass is 16.5. The zero-order chi connectivity index (χ0) is 15.2. The van der Waals surface area contributed by atoms with Gasteiger partial charge in [-0.15, -0.1) is 0 Å². The Kier molecular flexibility index (Phi) is 5.59. The van der Waals surface area contributed by atoms with E-state index in [1.165, 1.54) is 5.56 Å². The number of ether oxygens (including phenoxy) is 1. The van der Waals surface area contributed by atoms with Crippen LogP contribution in [0.4, 0.5) is 0 Å². The Labute approximate surface area is 125 Å². The van der Waals surface area contributed by atoms with Gasteiger partial charge in [0.05, 0.1) is 0 Å². The summed E-state index contributed by atoms with van der Waals surface area (Å²) in [5, 5.41) is 16.0. The molecular weight excluding hydrogens is 268 g/mol. The summed E-state index contributed by atoms with van der Waals surface area (Å²) in [7, 11) is 0. The van der Waals surface area contributed by atoms with Crippen molar-refractivity contribution in [3.05, 3.63) is 29.3 Å². The molecule has 3 N–H and O–H groups in total. The maximum Gasteiger partial charge on any atom is 0.220 e. The third kappa shape index (κ3) is 5.02. The van der Waals surface area contributed by atoms with Crippen molar-refractivity contribution in [2.24, 2.45) is 0 Å². The fraction of sp³-hybridized carbons (Fsp3) is 0.562. The second kappa shape index (κ2) is 7.43. The van der Waals surface area contributed by atoms with E-state index in [0.29, 0.717) is 19.5 Å². The molecule has 1 saturated heterocycles. The molecule has 1 amide bonds. The molecule has 5 heteroatoms. The first-order chi connectivity index (χ1) is 10.0. The Hall–Kier alpha value is -1.59. The fourth-order valence-electron chi connectivity index (χ4n) is 2.42. The van der Waals surface area contributed by atoms with Gasteiger partial charge in [0.2, 0.25) is 5.91 Å². The molecule has 0 aliphatic carbocycles. The summed E-state index contributed by atoms with van der Waals surface area (Å²) in [6.45, 7) is 5.39. The molecule has 1 aromatic rings. The number of hydrogen-bond donors (Lipinski definition) is 3. The third-order valence-corrected chi connectivity index (χ3v) is 3.67. The highest BCUT2D eigenvalue weighted by molar-refractivity contribution is 5.76. The predicted molar refractivity (Wildman–Crippen MR) is 81.5 cm³/mol. The zero-order valence-corrected chi connectivity index (χ0v) is 12.7. The molecule has 1 aliphatic heterocycles. The van der Waals surface area contributed by atoms with Crippen molar-refractivity contribution in [1.29, 1.82) is 0 Å². The second-order valence-electron chi connectivity index (χ2n) is 5.68. The van der Waals surface area contributed by atoms with Crippen LogP contribution in [0, 0.1) is 13.8 Å². The average Bonchev–Trinajstić information content (AvgIpc) is 2.46. The lowest BCUT2D eigenvalue weighted by atomic mass is 10.1. The van der Waals surface area contributed by atoms with E-state index in [2.05, 4.69) is 16.7 Å². The van der Waals surface area contributed by atoms with Crippen LogP contribution in [-0.2, 0) is 4.79 Å². The Bertz CT molecular complexity index is 480. The number of rotatable bonds is 6. The Balaban J connectivity index is 1.69. The molecule has 1 heterocycles. The van der Waals surface area contributed by atoms with Crippen molar-refractivity contribution >= 4 is 5.91 Å². The molecule has 1 aromatic carbocycles. The quantitative estimate of drug-likeness (QED) is 0.729. The fourth-order valence-corrected chi connectivity index (χ4v) is 2.42. The van der Waals surface area contributed by atoms with E-state index in [0.717, 1.165) is 17.7 Å². The van der Waals surface area contributed by atoms with Gasteiger partial charge in [-0.3, -0.25) is 4.79 Å². The van der Waals surface area contributed by atoms with Crippen molar-refractivity contribution in [3.63, 3.8) is 0 Å². The first-order valence-electron chi connectivity index (χ1n) is 7.43. The number of hydrogen-bond acceptors (Lipinski definition) is 4. The van der Waals surface area contributed by atoms with Crippen LogP contribution in [0.2, 0.25) is 0 Å². The largest absolute Gasteiger partial charge is 0.491 e. The molecule has 1 fully saturated rings.